The van der Waals surface area contributed by atoms with Crippen molar-refractivity contribution in [3.05, 3.63) is 54.4 Å². The first-order chi connectivity index (χ1) is 12.7. The number of ether oxygens (including phenoxy) is 1. The van der Waals surface area contributed by atoms with Crippen LogP contribution in [0.3, 0.4) is 0 Å². The molecule has 0 N–H and O–H groups in total. The van der Waals surface area contributed by atoms with Crippen LogP contribution in [0.2, 0.25) is 0 Å². The van der Waals surface area contributed by atoms with E-state index in [-0.39, 0.29) is 5.91 Å². The van der Waals surface area contributed by atoms with Crippen LogP contribution in [0.1, 0.15) is 23.3 Å². The lowest BCUT2D eigenvalue weighted by Crippen LogP contribution is -2.29. The number of carbonyl (C=O) groups excluding carboxylic acids is 1. The van der Waals surface area contributed by atoms with Crippen LogP contribution in [0.25, 0.3) is 17.1 Å². The highest BCUT2D eigenvalue weighted by Gasteiger charge is 2.25. The molecule has 1 aliphatic heterocycles. The third-order valence-electron chi connectivity index (χ3n) is 4.84. The van der Waals surface area contributed by atoms with Crippen LogP contribution >= 0.6 is 0 Å². The average molecular weight is 350 g/mol. The largest absolute Gasteiger partial charge is 0.497 e. The molecular weight excluding hydrogens is 328 g/mol. The topological polar surface area (TPSA) is 52.3 Å². The van der Waals surface area contributed by atoms with Crippen LogP contribution in [0.5, 0.6) is 5.75 Å². The number of benzene rings is 1. The standard InChI is InChI=1S/C20H22N4O2/c1-22-11-5-6-18(22)17-14-19(20(25)23-12-3-4-13-23)24(21-17)15-7-9-16(26-2)10-8-15/h5-11,14H,3-4,12-13H2,1-2H3. The fourth-order valence-corrected chi connectivity index (χ4v) is 3.39. The van der Waals surface area contributed by atoms with E-state index >= 15 is 0 Å². The molecule has 0 bridgehead atoms. The highest BCUT2D eigenvalue weighted by atomic mass is 16.5. The number of aryl methyl sites for hydroxylation is 1. The number of likely N-dealkylation sites (tertiary alicyclic amines) is 1. The van der Waals surface area contributed by atoms with Gasteiger partial charge >= 0.3 is 0 Å². The van der Waals surface area contributed by atoms with Gasteiger partial charge in [0.25, 0.3) is 5.91 Å². The van der Waals surface area contributed by atoms with Gasteiger partial charge in [0, 0.05) is 26.3 Å². The first-order valence-electron chi connectivity index (χ1n) is 8.83. The van der Waals surface area contributed by atoms with Crippen molar-refractivity contribution in [2.45, 2.75) is 12.8 Å². The van der Waals surface area contributed by atoms with Crippen molar-refractivity contribution in [1.29, 1.82) is 0 Å². The molecule has 6 heteroatoms. The summed E-state index contributed by atoms with van der Waals surface area (Å²) in [6.45, 7) is 1.62. The number of amides is 1. The van der Waals surface area contributed by atoms with E-state index in [4.69, 9.17) is 9.84 Å². The highest BCUT2D eigenvalue weighted by molar-refractivity contribution is 5.94. The molecule has 1 amide bonds. The Hall–Kier alpha value is -3.02. The van der Waals surface area contributed by atoms with Crippen molar-refractivity contribution in [3.8, 4) is 22.8 Å². The average Bonchev–Trinajstić information content (AvgIpc) is 3.41. The molecule has 3 heterocycles. The van der Waals surface area contributed by atoms with Crippen LogP contribution in [0.4, 0.5) is 0 Å². The number of aromatic nitrogens is 3. The summed E-state index contributed by atoms with van der Waals surface area (Å²) >= 11 is 0. The molecular formula is C20H22N4O2. The predicted molar refractivity (Wildman–Crippen MR) is 99.7 cm³/mol. The second kappa shape index (κ2) is 6.71. The Morgan fingerprint density at radius 1 is 1.12 bits per heavy atom. The number of methoxy groups -OCH3 is 1. The van der Waals surface area contributed by atoms with Crippen LogP contribution in [-0.4, -0.2) is 45.4 Å². The molecule has 134 valence electrons. The molecule has 6 nitrogen and oxygen atoms in total. The molecule has 3 aromatic rings. The second-order valence-electron chi connectivity index (χ2n) is 6.53. The minimum atomic E-state index is 0.0336. The maximum absolute atomic E-state index is 13.1. The Morgan fingerprint density at radius 2 is 1.85 bits per heavy atom. The number of hydrogen-bond donors (Lipinski definition) is 0. The quantitative estimate of drug-likeness (QED) is 0.726. The SMILES string of the molecule is COc1ccc(-n2nc(-c3cccn3C)cc2C(=O)N2CCCC2)cc1. The van der Waals surface area contributed by atoms with E-state index in [0.717, 1.165) is 48.8 Å². The molecule has 2 aromatic heterocycles. The van der Waals surface area contributed by atoms with E-state index in [1.54, 1.807) is 11.8 Å². The van der Waals surface area contributed by atoms with Crippen molar-refractivity contribution >= 4 is 5.91 Å². The van der Waals surface area contributed by atoms with Crippen molar-refractivity contribution in [1.82, 2.24) is 19.2 Å². The van der Waals surface area contributed by atoms with Gasteiger partial charge in [-0.15, -0.1) is 0 Å². The van der Waals surface area contributed by atoms with E-state index < -0.39 is 0 Å². The van der Waals surface area contributed by atoms with Crippen molar-refractivity contribution in [2.24, 2.45) is 7.05 Å². The van der Waals surface area contributed by atoms with Crippen LogP contribution in [-0.2, 0) is 7.05 Å². The zero-order valence-corrected chi connectivity index (χ0v) is 15.1. The Labute approximate surface area is 152 Å². The van der Waals surface area contributed by atoms with Crippen molar-refractivity contribution < 1.29 is 9.53 Å². The summed E-state index contributed by atoms with van der Waals surface area (Å²) in [6.07, 6.45) is 4.10. The lowest BCUT2D eigenvalue weighted by molar-refractivity contribution is 0.0784. The third-order valence-corrected chi connectivity index (χ3v) is 4.84. The summed E-state index contributed by atoms with van der Waals surface area (Å²) in [5, 5.41) is 4.74. The van der Waals surface area contributed by atoms with E-state index in [2.05, 4.69) is 0 Å². The Balaban J connectivity index is 1.80. The minimum Gasteiger partial charge on any atom is -0.497 e. The molecule has 26 heavy (non-hydrogen) atoms. The molecule has 0 radical (unpaired) electrons. The molecule has 1 aromatic carbocycles. The molecule has 4 rings (SSSR count). The number of carbonyl (C=O) groups is 1. The van der Waals surface area contributed by atoms with Gasteiger partial charge in [-0.3, -0.25) is 4.79 Å². The zero-order valence-electron chi connectivity index (χ0n) is 15.1. The third kappa shape index (κ3) is 2.87. The number of rotatable bonds is 4. The van der Waals surface area contributed by atoms with Gasteiger partial charge in [0.1, 0.15) is 17.1 Å². The van der Waals surface area contributed by atoms with Gasteiger partial charge in [0.15, 0.2) is 0 Å². The van der Waals surface area contributed by atoms with Gasteiger partial charge in [-0.25, -0.2) is 4.68 Å². The Morgan fingerprint density at radius 3 is 2.46 bits per heavy atom. The maximum Gasteiger partial charge on any atom is 0.272 e. The Bertz CT molecular complexity index is 918. The van der Waals surface area contributed by atoms with E-state index in [9.17, 15) is 4.79 Å². The second-order valence-corrected chi connectivity index (χ2v) is 6.53. The molecule has 1 aliphatic rings. The molecule has 0 aliphatic carbocycles. The molecule has 1 saturated heterocycles. The van der Waals surface area contributed by atoms with Gasteiger partial charge in [0.2, 0.25) is 0 Å². The van der Waals surface area contributed by atoms with Gasteiger partial charge in [-0.05, 0) is 55.3 Å². The van der Waals surface area contributed by atoms with Crippen LogP contribution in [0.15, 0.2) is 48.7 Å². The summed E-state index contributed by atoms with van der Waals surface area (Å²) in [7, 11) is 3.61. The molecule has 0 saturated carbocycles. The van der Waals surface area contributed by atoms with Crippen LogP contribution < -0.4 is 4.74 Å². The normalized spacial score (nSPS) is 14.0. The molecule has 0 unspecified atom stereocenters. The lowest BCUT2D eigenvalue weighted by Gasteiger charge is -2.16. The number of nitrogens with zero attached hydrogens (tertiary/aromatic N) is 4. The van der Waals surface area contributed by atoms with Gasteiger partial charge in [-0.1, -0.05) is 0 Å². The Kier molecular flexibility index (Phi) is 4.24. The van der Waals surface area contributed by atoms with E-state index in [0.29, 0.717) is 5.69 Å². The summed E-state index contributed by atoms with van der Waals surface area (Å²) in [4.78, 5) is 15.0. The maximum atomic E-state index is 13.1. The predicted octanol–water partition coefficient (Wildman–Crippen LogP) is 3.12. The summed E-state index contributed by atoms with van der Waals surface area (Å²) in [6, 6.07) is 13.5. The summed E-state index contributed by atoms with van der Waals surface area (Å²) < 4.78 is 8.98. The molecule has 1 fully saturated rings. The minimum absolute atomic E-state index is 0.0336. The monoisotopic (exact) mass is 350 g/mol. The lowest BCUT2D eigenvalue weighted by atomic mass is 10.2. The van der Waals surface area contributed by atoms with Crippen molar-refractivity contribution in [2.75, 3.05) is 20.2 Å². The summed E-state index contributed by atoms with van der Waals surface area (Å²) in [5.41, 5.74) is 3.20. The van der Waals surface area contributed by atoms with Crippen molar-refractivity contribution in [3.63, 3.8) is 0 Å². The van der Waals surface area contributed by atoms with E-state index in [1.807, 2.05) is 65.2 Å². The molecule has 0 atom stereocenters. The number of hydrogen-bond acceptors (Lipinski definition) is 3. The first kappa shape index (κ1) is 16.4. The smallest absolute Gasteiger partial charge is 0.272 e. The van der Waals surface area contributed by atoms with E-state index in [1.165, 1.54) is 0 Å². The highest BCUT2D eigenvalue weighted by Crippen LogP contribution is 2.25. The molecule has 0 spiro atoms. The fraction of sp³-hybridized carbons (Fsp3) is 0.300. The summed E-state index contributed by atoms with van der Waals surface area (Å²) in [5.74, 6) is 0.808. The van der Waals surface area contributed by atoms with Crippen LogP contribution in [0, 0.1) is 0 Å². The van der Waals surface area contributed by atoms with Gasteiger partial charge in [0.05, 0.1) is 18.5 Å². The fourth-order valence-electron chi connectivity index (χ4n) is 3.39. The zero-order chi connectivity index (χ0) is 18.1. The first-order valence-corrected chi connectivity index (χ1v) is 8.83. The van der Waals surface area contributed by atoms with Gasteiger partial charge in [-0.2, -0.15) is 5.10 Å². The van der Waals surface area contributed by atoms with Gasteiger partial charge < -0.3 is 14.2 Å².